The maximum atomic E-state index is 13.2. The Morgan fingerprint density at radius 2 is 1.80 bits per heavy atom. The van der Waals surface area contributed by atoms with E-state index in [1.807, 2.05) is 17.5 Å². The van der Waals surface area contributed by atoms with E-state index in [9.17, 15) is 26.4 Å². The molecule has 0 spiro atoms. The predicted octanol–water partition coefficient (Wildman–Crippen LogP) is 4.98. The highest BCUT2D eigenvalue weighted by Gasteiger charge is 2.42. The molecular formula is C27H22F3N5O4S2. The topological polar surface area (TPSA) is 99.3 Å². The maximum absolute atomic E-state index is 13.2. The van der Waals surface area contributed by atoms with Crippen LogP contribution in [0.1, 0.15) is 18.5 Å². The van der Waals surface area contributed by atoms with Gasteiger partial charge in [0.05, 0.1) is 22.0 Å². The lowest BCUT2D eigenvalue weighted by atomic mass is 10.0. The molecule has 1 aromatic carbocycles. The number of aromatic nitrogens is 4. The summed E-state index contributed by atoms with van der Waals surface area (Å²) in [6, 6.07) is 15.1. The molecule has 0 radical (unpaired) electrons. The number of rotatable bonds is 7. The number of hydrogen-bond acceptors (Lipinski definition) is 7. The molecule has 0 unspecified atom stereocenters. The van der Waals surface area contributed by atoms with Crippen LogP contribution in [0.15, 0.2) is 77.3 Å². The Labute approximate surface area is 236 Å². The van der Waals surface area contributed by atoms with Crippen molar-refractivity contribution in [1.82, 2.24) is 23.8 Å². The van der Waals surface area contributed by atoms with Gasteiger partial charge in [-0.3, -0.25) is 4.68 Å². The molecule has 0 aliphatic carbocycles. The fourth-order valence-corrected chi connectivity index (χ4v) is 6.99. The molecule has 5 aromatic rings. The van der Waals surface area contributed by atoms with Crippen LogP contribution in [0.2, 0.25) is 0 Å². The Morgan fingerprint density at radius 1 is 1.05 bits per heavy atom. The van der Waals surface area contributed by atoms with Crippen LogP contribution in [0, 0.1) is 0 Å². The average Bonchev–Trinajstić information content (AvgIpc) is 3.76. The molecule has 41 heavy (non-hydrogen) atoms. The van der Waals surface area contributed by atoms with Gasteiger partial charge in [-0.2, -0.15) is 27.3 Å². The number of hydrogen-bond donors (Lipinski definition) is 0. The molecule has 1 saturated heterocycles. The monoisotopic (exact) mass is 601 g/mol. The van der Waals surface area contributed by atoms with E-state index < -0.39 is 22.2 Å². The summed E-state index contributed by atoms with van der Waals surface area (Å²) in [7, 11) is -3.62. The van der Waals surface area contributed by atoms with Crippen molar-refractivity contribution in [1.29, 1.82) is 0 Å². The highest BCUT2D eigenvalue weighted by molar-refractivity contribution is 7.89. The predicted molar refractivity (Wildman–Crippen MR) is 145 cm³/mol. The van der Waals surface area contributed by atoms with Crippen LogP contribution in [0.4, 0.5) is 13.2 Å². The Morgan fingerprint density at radius 3 is 2.49 bits per heavy atom. The number of alkyl halides is 3. The summed E-state index contributed by atoms with van der Waals surface area (Å²) in [5.74, 6) is -2.39. The molecular weight excluding hydrogens is 579 g/mol. The maximum Gasteiger partial charge on any atom is 0.493 e. The Bertz CT molecular complexity index is 1820. The van der Waals surface area contributed by atoms with Crippen molar-refractivity contribution in [2.75, 3.05) is 13.1 Å². The van der Waals surface area contributed by atoms with Crippen LogP contribution in [-0.2, 0) is 21.4 Å². The molecule has 1 aliphatic rings. The second-order valence-electron chi connectivity index (χ2n) is 9.41. The zero-order chi connectivity index (χ0) is 28.8. The molecule has 1 aliphatic heterocycles. The van der Waals surface area contributed by atoms with Crippen molar-refractivity contribution in [2.24, 2.45) is 0 Å². The average molecular weight is 602 g/mol. The lowest BCUT2D eigenvalue weighted by Crippen LogP contribution is -2.34. The summed E-state index contributed by atoms with van der Waals surface area (Å²) in [5.41, 5.74) is 2.07. The molecule has 0 atom stereocenters. The fourth-order valence-electron chi connectivity index (χ4n) is 4.78. The fraction of sp³-hybridized carbons (Fsp3) is 0.222. The van der Waals surface area contributed by atoms with Crippen molar-refractivity contribution in [3.05, 3.63) is 78.1 Å². The molecule has 0 saturated carbocycles. The van der Waals surface area contributed by atoms with Crippen LogP contribution < -0.4 is 4.84 Å². The second kappa shape index (κ2) is 10.4. The van der Waals surface area contributed by atoms with Crippen LogP contribution in [-0.4, -0.2) is 57.5 Å². The minimum Gasteiger partial charge on any atom is -0.326 e. The minimum absolute atomic E-state index is 0.00509. The standard InChI is InChI=1S/C27H22F3N5O4S2/c28-27(29,30)26(36)39-35-19(17-33-14-10-23(32-33)24-4-3-15-40-24)16-22-21(9-11-31-25(22)35)18-5-7-20(8-6-18)41(37,38)34-12-1-2-13-34/h3-11,14-16H,1-2,12-13,17H2. The number of fused-ring (bicyclic) bond motifs is 1. The van der Waals surface area contributed by atoms with E-state index in [1.54, 1.807) is 36.5 Å². The van der Waals surface area contributed by atoms with Gasteiger partial charge in [-0.15, -0.1) is 11.3 Å². The second-order valence-corrected chi connectivity index (χ2v) is 12.3. The molecule has 6 rings (SSSR count). The smallest absolute Gasteiger partial charge is 0.326 e. The zero-order valence-corrected chi connectivity index (χ0v) is 22.9. The van der Waals surface area contributed by atoms with Gasteiger partial charge in [0.25, 0.3) is 0 Å². The van der Waals surface area contributed by atoms with Crippen LogP contribution in [0.3, 0.4) is 0 Å². The van der Waals surface area contributed by atoms with E-state index in [2.05, 4.69) is 10.1 Å². The van der Waals surface area contributed by atoms with E-state index in [1.165, 1.54) is 38.7 Å². The van der Waals surface area contributed by atoms with Crippen molar-refractivity contribution in [2.45, 2.75) is 30.5 Å². The highest BCUT2D eigenvalue weighted by Crippen LogP contribution is 2.32. The Kier molecular flexibility index (Phi) is 6.91. The van der Waals surface area contributed by atoms with Crippen molar-refractivity contribution in [3.8, 4) is 21.7 Å². The number of carbonyl (C=O) groups excluding carboxylic acids is 1. The third-order valence-corrected chi connectivity index (χ3v) is 9.55. The number of halogens is 3. The zero-order valence-electron chi connectivity index (χ0n) is 21.3. The van der Waals surface area contributed by atoms with Gasteiger partial charge in [-0.05, 0) is 65.7 Å². The molecule has 4 aromatic heterocycles. The van der Waals surface area contributed by atoms with Crippen LogP contribution in [0.5, 0.6) is 0 Å². The van der Waals surface area contributed by atoms with E-state index in [4.69, 9.17) is 4.84 Å². The number of nitrogens with zero attached hydrogens (tertiary/aromatic N) is 5. The third-order valence-electron chi connectivity index (χ3n) is 6.75. The molecule has 1 fully saturated rings. The normalized spacial score (nSPS) is 14.6. The highest BCUT2D eigenvalue weighted by atomic mass is 32.2. The van der Waals surface area contributed by atoms with Crippen LogP contribution >= 0.6 is 11.3 Å². The van der Waals surface area contributed by atoms with Gasteiger partial charge in [0, 0.05) is 30.9 Å². The molecule has 9 nitrogen and oxygen atoms in total. The molecule has 212 valence electrons. The summed E-state index contributed by atoms with van der Waals surface area (Å²) in [4.78, 5) is 21.9. The van der Waals surface area contributed by atoms with E-state index >= 15 is 0 Å². The summed E-state index contributed by atoms with van der Waals surface area (Å²) in [6.07, 6.45) is -0.523. The number of pyridine rings is 1. The molecule has 0 N–H and O–H groups in total. The van der Waals surface area contributed by atoms with E-state index in [0.717, 1.165) is 22.4 Å². The van der Waals surface area contributed by atoms with Crippen molar-refractivity contribution in [3.63, 3.8) is 0 Å². The van der Waals surface area contributed by atoms with Crippen molar-refractivity contribution < 1.29 is 31.2 Å². The van der Waals surface area contributed by atoms with Crippen molar-refractivity contribution >= 4 is 38.4 Å². The summed E-state index contributed by atoms with van der Waals surface area (Å²) in [5, 5.41) is 6.83. The first-order valence-electron chi connectivity index (χ1n) is 12.6. The minimum atomic E-state index is -5.22. The number of sulfonamides is 1. The van der Waals surface area contributed by atoms with Gasteiger partial charge >= 0.3 is 12.1 Å². The van der Waals surface area contributed by atoms with Crippen LogP contribution in [0.25, 0.3) is 32.7 Å². The molecule has 5 heterocycles. The SMILES string of the molecule is O=C(On1c(Cn2ccc(-c3cccs3)n2)cc2c(-c3ccc(S(=O)(=O)N4CCCC4)cc3)ccnc21)C(F)(F)F. The van der Waals surface area contributed by atoms with Gasteiger partial charge in [-0.1, -0.05) is 18.2 Å². The summed E-state index contributed by atoms with van der Waals surface area (Å²) in [6.45, 7) is 0.944. The quantitative estimate of drug-likeness (QED) is 0.261. The van der Waals surface area contributed by atoms with E-state index in [-0.39, 0.29) is 22.8 Å². The Hall–Kier alpha value is -4.01. The number of carbonyl (C=O) groups is 1. The lowest BCUT2D eigenvalue weighted by molar-refractivity contribution is -0.199. The lowest BCUT2D eigenvalue weighted by Gasteiger charge is -2.15. The number of benzene rings is 1. The first-order chi connectivity index (χ1) is 19.6. The first-order valence-corrected chi connectivity index (χ1v) is 14.9. The summed E-state index contributed by atoms with van der Waals surface area (Å²) < 4.78 is 69.2. The molecule has 0 amide bonds. The van der Waals surface area contributed by atoms with Gasteiger partial charge in [0.2, 0.25) is 10.0 Å². The molecule has 14 heteroatoms. The Balaban J connectivity index is 1.39. The first kappa shape index (κ1) is 27.2. The molecule has 0 bridgehead atoms. The van der Waals surface area contributed by atoms with Gasteiger partial charge in [-0.25, -0.2) is 18.2 Å². The van der Waals surface area contributed by atoms with E-state index in [0.29, 0.717) is 35.3 Å². The van der Waals surface area contributed by atoms with Gasteiger partial charge in [0.15, 0.2) is 5.65 Å². The van der Waals surface area contributed by atoms with Gasteiger partial charge < -0.3 is 4.84 Å². The summed E-state index contributed by atoms with van der Waals surface area (Å²) >= 11 is 1.50. The number of thiophene rings is 1. The van der Waals surface area contributed by atoms with Gasteiger partial charge in [0.1, 0.15) is 5.69 Å². The third kappa shape index (κ3) is 5.25. The largest absolute Gasteiger partial charge is 0.493 e.